The molecule has 1 aliphatic carbocycles. The van der Waals surface area contributed by atoms with Crippen LogP contribution in [0.4, 0.5) is 5.69 Å². The molecule has 3 N–H and O–H groups in total. The average molecular weight is 512 g/mol. The number of nitrogens with zero attached hydrogens (tertiary/aromatic N) is 6. The van der Waals surface area contributed by atoms with Gasteiger partial charge < -0.3 is 20.5 Å². The number of anilines is 1. The van der Waals surface area contributed by atoms with Crippen molar-refractivity contribution in [1.29, 1.82) is 0 Å². The summed E-state index contributed by atoms with van der Waals surface area (Å²) in [6, 6.07) is 12.1. The molecule has 0 unspecified atom stereocenters. The number of rotatable bonds is 10. The molecule has 1 aliphatic rings. The number of hydrogen-bond acceptors (Lipinski definition) is 8. The highest BCUT2D eigenvalue weighted by Crippen LogP contribution is 2.34. The van der Waals surface area contributed by atoms with Gasteiger partial charge in [0.25, 0.3) is 5.91 Å². The molecule has 2 atom stereocenters. The highest BCUT2D eigenvalue weighted by atomic mass is 16.1. The van der Waals surface area contributed by atoms with Crippen LogP contribution in [-0.4, -0.2) is 48.7 Å². The molecule has 0 bridgehead atoms. The van der Waals surface area contributed by atoms with E-state index in [2.05, 4.69) is 52.6 Å². The van der Waals surface area contributed by atoms with E-state index in [1.807, 2.05) is 49.6 Å². The molecule has 3 aromatic heterocycles. The van der Waals surface area contributed by atoms with Gasteiger partial charge in [-0.2, -0.15) is 0 Å². The summed E-state index contributed by atoms with van der Waals surface area (Å²) < 4.78 is 2.21. The summed E-state index contributed by atoms with van der Waals surface area (Å²) in [4.78, 5) is 25.5. The van der Waals surface area contributed by atoms with Crippen LogP contribution >= 0.6 is 0 Å². The van der Waals surface area contributed by atoms with Gasteiger partial charge in [0.15, 0.2) is 11.6 Å². The summed E-state index contributed by atoms with van der Waals surface area (Å²) >= 11 is 0. The maximum Gasteiger partial charge on any atom is 0.251 e. The summed E-state index contributed by atoms with van der Waals surface area (Å²) in [6.07, 6.45) is 10.9. The van der Waals surface area contributed by atoms with Gasteiger partial charge in [-0.3, -0.25) is 9.78 Å². The minimum Gasteiger partial charge on any atom is -0.378 e. The Bertz CT molecular complexity index is 1370. The molecule has 5 rings (SSSR count). The Morgan fingerprint density at radius 1 is 1.05 bits per heavy atom. The molecule has 0 spiro atoms. The molecule has 1 aromatic carbocycles. The number of amides is 1. The van der Waals surface area contributed by atoms with Crippen molar-refractivity contribution in [2.24, 2.45) is 0 Å². The molecular formula is C28H33N9O. The zero-order chi connectivity index (χ0) is 26.3. The van der Waals surface area contributed by atoms with E-state index in [1.165, 1.54) is 6.33 Å². The third-order valence-electron chi connectivity index (χ3n) is 7.16. The van der Waals surface area contributed by atoms with Gasteiger partial charge in [-0.15, -0.1) is 10.2 Å². The van der Waals surface area contributed by atoms with E-state index >= 15 is 0 Å². The fraction of sp³-hybridized carbons (Fsp3) is 0.357. The van der Waals surface area contributed by atoms with Crippen molar-refractivity contribution in [2.45, 2.75) is 57.8 Å². The van der Waals surface area contributed by atoms with E-state index in [0.717, 1.165) is 59.8 Å². The Hall–Kier alpha value is -4.18. The zero-order valence-corrected chi connectivity index (χ0v) is 21.8. The van der Waals surface area contributed by atoms with E-state index in [0.29, 0.717) is 24.7 Å². The van der Waals surface area contributed by atoms with Gasteiger partial charge in [0, 0.05) is 48.5 Å². The van der Waals surface area contributed by atoms with Gasteiger partial charge in [0.05, 0.1) is 6.54 Å². The molecule has 10 heteroatoms. The normalized spacial score (nSPS) is 16.9. The lowest BCUT2D eigenvalue weighted by Gasteiger charge is -2.18. The predicted molar refractivity (Wildman–Crippen MR) is 145 cm³/mol. The third-order valence-corrected chi connectivity index (χ3v) is 7.16. The molecule has 38 heavy (non-hydrogen) atoms. The van der Waals surface area contributed by atoms with Crippen molar-refractivity contribution < 1.29 is 4.79 Å². The maximum absolute atomic E-state index is 12.9. The van der Waals surface area contributed by atoms with Crippen molar-refractivity contribution in [1.82, 2.24) is 40.3 Å². The Morgan fingerprint density at radius 3 is 2.74 bits per heavy atom. The first-order chi connectivity index (χ1) is 18.7. The molecule has 3 heterocycles. The molecule has 0 aliphatic heterocycles. The van der Waals surface area contributed by atoms with Crippen LogP contribution in [0, 0.1) is 0 Å². The van der Waals surface area contributed by atoms with Gasteiger partial charge in [0.1, 0.15) is 12.0 Å². The van der Waals surface area contributed by atoms with E-state index in [9.17, 15) is 4.79 Å². The second kappa shape index (κ2) is 11.9. The van der Waals surface area contributed by atoms with Crippen LogP contribution in [0.15, 0.2) is 61.3 Å². The summed E-state index contributed by atoms with van der Waals surface area (Å²) in [5.41, 5.74) is 4.41. The number of aromatic nitrogens is 6. The quantitative estimate of drug-likeness (QED) is 0.295. The average Bonchev–Trinajstić information content (AvgIpc) is 3.62. The number of hydrogen-bond donors (Lipinski definition) is 3. The molecule has 0 radical (unpaired) electrons. The van der Waals surface area contributed by atoms with Crippen LogP contribution < -0.4 is 16.0 Å². The molecular weight excluding hydrogens is 478 g/mol. The lowest BCUT2D eigenvalue weighted by molar-refractivity contribution is 0.0951. The van der Waals surface area contributed by atoms with Crippen LogP contribution in [0.2, 0.25) is 0 Å². The standard InChI is InChI=1S/C28H33N9O/c1-3-19-15-30-11-9-21(19)16-33-28(38)20-5-4-6-23(13-20)32-17-26-35-36-27(25-10-12-31-18-34-25)37(26)24-8-7-22(14-24)29-2/h4-6,9-13,15,18,22,24,29,32H,3,7-8,14,16-17H2,1-2H3,(H,33,38)/t22-,24+/m0/s1. The Morgan fingerprint density at radius 2 is 1.95 bits per heavy atom. The highest BCUT2D eigenvalue weighted by Gasteiger charge is 2.29. The summed E-state index contributed by atoms with van der Waals surface area (Å²) in [5, 5.41) is 18.9. The second-order valence-electron chi connectivity index (χ2n) is 9.47. The smallest absolute Gasteiger partial charge is 0.251 e. The van der Waals surface area contributed by atoms with Crippen molar-refractivity contribution in [3.63, 3.8) is 0 Å². The van der Waals surface area contributed by atoms with Gasteiger partial charge in [-0.25, -0.2) is 9.97 Å². The number of benzene rings is 1. The minimum atomic E-state index is -0.120. The fourth-order valence-corrected chi connectivity index (χ4v) is 5.06. The van der Waals surface area contributed by atoms with Crippen molar-refractivity contribution in [3.05, 3.63) is 83.8 Å². The largest absolute Gasteiger partial charge is 0.378 e. The maximum atomic E-state index is 12.9. The van der Waals surface area contributed by atoms with Crippen LogP contribution in [0.3, 0.4) is 0 Å². The van der Waals surface area contributed by atoms with Gasteiger partial charge in [-0.05, 0) is 74.2 Å². The molecule has 196 valence electrons. The zero-order valence-electron chi connectivity index (χ0n) is 21.8. The van der Waals surface area contributed by atoms with Crippen molar-refractivity contribution in [2.75, 3.05) is 12.4 Å². The first-order valence-electron chi connectivity index (χ1n) is 13.1. The molecule has 1 saturated carbocycles. The van der Waals surface area contributed by atoms with E-state index in [4.69, 9.17) is 0 Å². The molecule has 1 amide bonds. The SMILES string of the molecule is CCc1cnccc1CNC(=O)c1cccc(NCc2nnc(-c3ccncn3)n2[C@@H]2CC[C@H](NC)C2)c1. The van der Waals surface area contributed by atoms with Gasteiger partial charge >= 0.3 is 0 Å². The molecule has 10 nitrogen and oxygen atoms in total. The van der Waals surface area contributed by atoms with Crippen LogP contribution in [0.25, 0.3) is 11.5 Å². The fourth-order valence-electron chi connectivity index (χ4n) is 5.06. The molecule has 1 fully saturated rings. The van der Waals surface area contributed by atoms with E-state index in [1.54, 1.807) is 12.4 Å². The van der Waals surface area contributed by atoms with Crippen LogP contribution in [0.5, 0.6) is 0 Å². The topological polar surface area (TPSA) is 123 Å². The third kappa shape index (κ3) is 5.70. The van der Waals surface area contributed by atoms with Crippen LogP contribution in [-0.2, 0) is 19.5 Å². The van der Waals surface area contributed by atoms with Crippen molar-refractivity contribution >= 4 is 11.6 Å². The first kappa shape index (κ1) is 25.5. The Balaban J connectivity index is 1.30. The van der Waals surface area contributed by atoms with Crippen LogP contribution in [0.1, 0.15) is 59.5 Å². The Labute approximate surface area is 222 Å². The second-order valence-corrected chi connectivity index (χ2v) is 9.47. The summed E-state index contributed by atoms with van der Waals surface area (Å²) in [7, 11) is 2.01. The van der Waals surface area contributed by atoms with Gasteiger partial charge in [0.2, 0.25) is 0 Å². The molecule has 4 aromatic rings. The number of pyridine rings is 1. The van der Waals surface area contributed by atoms with Gasteiger partial charge in [-0.1, -0.05) is 13.0 Å². The lowest BCUT2D eigenvalue weighted by Crippen LogP contribution is -2.23. The van der Waals surface area contributed by atoms with E-state index < -0.39 is 0 Å². The van der Waals surface area contributed by atoms with Crippen molar-refractivity contribution in [3.8, 4) is 11.5 Å². The number of aryl methyl sites for hydroxylation is 1. The first-order valence-corrected chi connectivity index (χ1v) is 13.1. The highest BCUT2D eigenvalue weighted by molar-refractivity contribution is 5.95. The molecule has 0 saturated heterocycles. The lowest BCUT2D eigenvalue weighted by atomic mass is 10.1. The monoisotopic (exact) mass is 511 g/mol. The summed E-state index contributed by atoms with van der Waals surface area (Å²) in [6.45, 7) is 3.02. The predicted octanol–water partition coefficient (Wildman–Crippen LogP) is 3.55. The minimum absolute atomic E-state index is 0.120. The number of carbonyl (C=O) groups is 1. The Kier molecular flexibility index (Phi) is 7.98. The number of carbonyl (C=O) groups excluding carboxylic acids is 1. The summed E-state index contributed by atoms with van der Waals surface area (Å²) in [5.74, 6) is 1.47. The van der Waals surface area contributed by atoms with E-state index in [-0.39, 0.29) is 11.9 Å². The number of nitrogens with one attached hydrogen (secondary N) is 3.